The summed E-state index contributed by atoms with van der Waals surface area (Å²) in [6.45, 7) is 17.2. The Hall–Kier alpha value is -6.63. The molecule has 2 aromatic heterocycles. The van der Waals surface area contributed by atoms with E-state index in [-0.39, 0.29) is 44.1 Å². The number of rotatable bonds is 9. The van der Waals surface area contributed by atoms with E-state index in [0.717, 1.165) is 78.6 Å². The monoisotopic (exact) mass is 1070 g/mol. The van der Waals surface area contributed by atoms with Crippen LogP contribution in [-0.4, -0.2) is 9.55 Å². The molecule has 67 heavy (non-hydrogen) atoms. The molecule has 3 heterocycles. The second-order valence-electron chi connectivity index (χ2n) is 18.6. The fourth-order valence-corrected chi connectivity index (χ4v) is 9.03. The number of hydrogen-bond acceptors (Lipinski definition) is 4. The zero-order valence-electron chi connectivity index (χ0n) is 38.2. The van der Waals surface area contributed by atoms with Crippen LogP contribution in [0.15, 0.2) is 146 Å². The van der Waals surface area contributed by atoms with Gasteiger partial charge in [-0.2, -0.15) is 6.07 Å². The maximum Gasteiger partial charge on any atom is 0.135 e. The molecule has 0 saturated heterocycles. The van der Waals surface area contributed by atoms with Crippen molar-refractivity contribution in [3.8, 4) is 39.6 Å². The van der Waals surface area contributed by atoms with Gasteiger partial charge in [0.15, 0.2) is 0 Å². The molecule has 0 spiro atoms. The van der Waals surface area contributed by atoms with Gasteiger partial charge < -0.3 is 19.1 Å². The Labute approximate surface area is 404 Å². The van der Waals surface area contributed by atoms with Crippen molar-refractivity contribution in [1.29, 1.82) is 0 Å². The second-order valence-corrected chi connectivity index (χ2v) is 18.6. The van der Waals surface area contributed by atoms with Gasteiger partial charge in [-0.05, 0) is 123 Å². The summed E-state index contributed by atoms with van der Waals surface area (Å²) in [7, 11) is 0. The Morgan fingerprint density at radius 2 is 1.21 bits per heavy atom. The number of para-hydroxylation sites is 3. The van der Waals surface area contributed by atoms with Gasteiger partial charge in [0.25, 0.3) is 0 Å². The van der Waals surface area contributed by atoms with E-state index in [1.807, 2.05) is 48.7 Å². The third-order valence-electron chi connectivity index (χ3n) is 12.4. The van der Waals surface area contributed by atoms with Crippen molar-refractivity contribution in [2.24, 2.45) is 0 Å². The van der Waals surface area contributed by atoms with Gasteiger partial charge in [-0.3, -0.25) is 0 Å². The molecule has 0 N–H and O–H groups in total. The quantitative estimate of drug-likeness (QED) is 0.135. The third kappa shape index (κ3) is 8.64. The van der Waals surface area contributed by atoms with Gasteiger partial charge in [0, 0.05) is 67.4 Å². The Morgan fingerprint density at radius 3 is 1.88 bits per heavy atom. The maximum absolute atomic E-state index is 14.6. The summed E-state index contributed by atoms with van der Waals surface area (Å²) >= 11 is 0. The van der Waals surface area contributed by atoms with Crippen LogP contribution in [0.2, 0.25) is 0 Å². The van der Waals surface area contributed by atoms with Crippen molar-refractivity contribution >= 4 is 44.6 Å². The number of ether oxygens (including phenoxy) is 1. The van der Waals surface area contributed by atoms with Crippen LogP contribution in [0.1, 0.15) is 77.0 Å². The summed E-state index contributed by atoms with van der Waals surface area (Å²) in [6.07, 6.45) is 1.86. The predicted molar refractivity (Wildman–Crippen MR) is 262 cm³/mol. The molecule has 0 atom stereocenters. The molecule has 0 amide bonds. The Balaban J connectivity index is 0.00000562. The second kappa shape index (κ2) is 17.9. The molecule has 0 saturated carbocycles. The van der Waals surface area contributed by atoms with E-state index >= 15 is 0 Å². The van der Waals surface area contributed by atoms with Gasteiger partial charge in [-0.25, -0.2) is 18.2 Å². The summed E-state index contributed by atoms with van der Waals surface area (Å²) in [5, 5.41) is 2.10. The van der Waals surface area contributed by atoms with Crippen molar-refractivity contribution in [1.82, 2.24) is 9.55 Å². The summed E-state index contributed by atoms with van der Waals surface area (Å²) in [5.41, 5.74) is 11.4. The first-order valence-electron chi connectivity index (χ1n) is 22.3. The summed E-state index contributed by atoms with van der Waals surface area (Å²) in [5.74, 6) is 0.283. The summed E-state index contributed by atoms with van der Waals surface area (Å²) in [6, 6.07) is 50.0. The number of pyridine rings is 1. The minimum Gasteiger partial charge on any atom is -0.509 e. The zero-order valence-corrected chi connectivity index (χ0v) is 40.5. The number of benzene rings is 7. The Kier molecular flexibility index (Phi) is 12.1. The SMILES string of the molecule is CC(C)c1cc(-c2cc(F)cc(F)c2)cc(C(C)C)c1N1[CH-]N(c2[c-]c(Oc3[c-]c4c(cc3)c3ccccc3n4-c3cc(C(C)(C)C)ccn3)cc(-c3ccc(F)cc3)c2)c2ccccc21.[Pt]. The minimum absolute atomic E-state index is 0. The van der Waals surface area contributed by atoms with Crippen molar-refractivity contribution < 1.29 is 39.0 Å². The van der Waals surface area contributed by atoms with Gasteiger partial charge in [-0.1, -0.05) is 96.4 Å². The Bertz CT molecular complexity index is 3270. The average molecular weight is 1070 g/mol. The molecule has 0 fully saturated rings. The molecule has 10 rings (SSSR count). The normalized spacial score (nSPS) is 12.7. The molecule has 1 aliphatic rings. The molecule has 1 aliphatic heterocycles. The van der Waals surface area contributed by atoms with E-state index in [1.165, 1.54) is 29.8 Å². The summed E-state index contributed by atoms with van der Waals surface area (Å²) in [4.78, 5) is 9.15. The molecule has 5 nitrogen and oxygen atoms in total. The molecular formula is C58H48F3N4OPt-3. The molecule has 9 aromatic rings. The smallest absolute Gasteiger partial charge is 0.135 e. The standard InChI is InChI=1S/C58H48F3N4O.Pt/c1-35(2)50-28-40(38-24-43(60)31-44(61)25-38)29-51(36(3)4)57(50)64-34-63(53-14-10-11-15-54(53)64)45-26-39(37-16-18-42(59)19-17-37)27-47(32-45)66-46-20-21-49-48-12-8-9-13-52(48)65(55(49)33-46)56-30-41(22-23-62-56)58(5,6)7;/h8-31,34-36H,1-7H3;/q-3;. The maximum atomic E-state index is 14.6. The van der Waals surface area contributed by atoms with Crippen LogP contribution in [0.3, 0.4) is 0 Å². The van der Waals surface area contributed by atoms with E-state index in [4.69, 9.17) is 9.72 Å². The molecule has 0 radical (unpaired) electrons. The van der Waals surface area contributed by atoms with Gasteiger partial charge in [0.2, 0.25) is 0 Å². The molecule has 0 bridgehead atoms. The van der Waals surface area contributed by atoms with E-state index in [9.17, 15) is 13.2 Å². The third-order valence-corrected chi connectivity index (χ3v) is 12.4. The van der Waals surface area contributed by atoms with Crippen LogP contribution in [0.25, 0.3) is 49.9 Å². The summed E-state index contributed by atoms with van der Waals surface area (Å²) < 4.78 is 52.4. The molecular weight excluding hydrogens is 1020 g/mol. The first kappa shape index (κ1) is 45.5. The van der Waals surface area contributed by atoms with Crippen molar-refractivity contribution in [2.45, 2.75) is 65.7 Å². The van der Waals surface area contributed by atoms with E-state index in [2.05, 4.69) is 136 Å². The van der Waals surface area contributed by atoms with Crippen molar-refractivity contribution in [3.63, 3.8) is 0 Å². The fourth-order valence-electron chi connectivity index (χ4n) is 9.03. The molecule has 9 heteroatoms. The van der Waals surface area contributed by atoms with Crippen molar-refractivity contribution in [3.05, 3.63) is 199 Å². The molecule has 7 aromatic carbocycles. The molecule has 340 valence electrons. The van der Waals surface area contributed by atoms with Crippen LogP contribution in [0, 0.1) is 36.3 Å². The van der Waals surface area contributed by atoms with Gasteiger partial charge in [0.05, 0.1) is 0 Å². The number of anilines is 4. The first-order valence-corrected chi connectivity index (χ1v) is 22.3. The van der Waals surface area contributed by atoms with Crippen LogP contribution >= 0.6 is 0 Å². The van der Waals surface area contributed by atoms with Crippen LogP contribution in [0.5, 0.6) is 11.5 Å². The number of fused-ring (bicyclic) bond motifs is 4. The van der Waals surface area contributed by atoms with Crippen LogP contribution < -0.4 is 14.5 Å². The van der Waals surface area contributed by atoms with E-state index in [0.29, 0.717) is 22.7 Å². The fraction of sp³-hybridized carbons (Fsp3) is 0.172. The van der Waals surface area contributed by atoms with Crippen molar-refractivity contribution in [2.75, 3.05) is 9.80 Å². The predicted octanol–water partition coefficient (Wildman–Crippen LogP) is 16.3. The topological polar surface area (TPSA) is 33.5 Å². The minimum atomic E-state index is -0.619. The van der Waals surface area contributed by atoms with Gasteiger partial charge in [0.1, 0.15) is 23.3 Å². The number of nitrogens with zero attached hydrogens (tertiary/aromatic N) is 4. The van der Waals surface area contributed by atoms with Gasteiger partial charge in [-0.15, -0.1) is 53.6 Å². The molecule has 0 aliphatic carbocycles. The van der Waals surface area contributed by atoms with Gasteiger partial charge >= 0.3 is 0 Å². The number of aromatic nitrogens is 2. The average Bonchev–Trinajstić information content (AvgIpc) is 3.84. The number of halogens is 3. The van der Waals surface area contributed by atoms with Crippen LogP contribution in [-0.2, 0) is 26.5 Å². The molecule has 0 unspecified atom stereocenters. The zero-order chi connectivity index (χ0) is 46.0. The van der Waals surface area contributed by atoms with Crippen LogP contribution in [0.4, 0.5) is 35.9 Å². The Morgan fingerprint density at radius 1 is 0.582 bits per heavy atom. The first-order chi connectivity index (χ1) is 31.7. The largest absolute Gasteiger partial charge is 0.509 e. The van der Waals surface area contributed by atoms with E-state index in [1.54, 1.807) is 12.1 Å². The number of hydrogen-bond donors (Lipinski definition) is 0. The van der Waals surface area contributed by atoms with E-state index < -0.39 is 11.6 Å².